The predicted octanol–water partition coefficient (Wildman–Crippen LogP) is 6.67. The summed E-state index contributed by atoms with van der Waals surface area (Å²) in [7, 11) is 0. The molecule has 148 valence electrons. The maximum absolute atomic E-state index is 13.6. The summed E-state index contributed by atoms with van der Waals surface area (Å²) in [5, 5.41) is 8.70. The summed E-state index contributed by atoms with van der Waals surface area (Å²) in [5.74, 6) is 4.98. The van der Waals surface area contributed by atoms with Gasteiger partial charge in [0.2, 0.25) is 0 Å². The van der Waals surface area contributed by atoms with Gasteiger partial charge in [-0.05, 0) is 73.3 Å². The maximum atomic E-state index is 13.6. The van der Waals surface area contributed by atoms with E-state index in [0.717, 1.165) is 31.4 Å². The van der Waals surface area contributed by atoms with Crippen LogP contribution in [0, 0.1) is 40.7 Å². The molecule has 2 aromatic carbocycles. The molecule has 3 rings (SSSR count). The van der Waals surface area contributed by atoms with E-state index in [1.54, 1.807) is 6.08 Å². The number of halogens is 2. The molecule has 1 saturated carbocycles. The van der Waals surface area contributed by atoms with Crippen molar-refractivity contribution >= 4 is 0 Å². The highest BCUT2D eigenvalue weighted by molar-refractivity contribution is 5.43. The van der Waals surface area contributed by atoms with Crippen molar-refractivity contribution < 1.29 is 8.78 Å². The monoisotopic (exact) mass is 389 g/mol. The second-order valence-corrected chi connectivity index (χ2v) is 7.66. The fourth-order valence-electron chi connectivity index (χ4n) is 3.95. The summed E-state index contributed by atoms with van der Waals surface area (Å²) in [6.07, 6.45) is 10.8. The molecular weight excluding hydrogens is 364 g/mol. The highest BCUT2D eigenvalue weighted by atomic mass is 19.1. The summed E-state index contributed by atoms with van der Waals surface area (Å²) in [6.45, 7) is 2.20. The minimum Gasteiger partial charge on any atom is -0.205 e. The molecule has 0 amide bonds. The van der Waals surface area contributed by atoms with Gasteiger partial charge in [0, 0.05) is 5.56 Å². The number of rotatable bonds is 4. The first-order chi connectivity index (χ1) is 14.1. The average molecular weight is 389 g/mol. The Hall–Kier alpha value is -2.91. The molecule has 0 radical (unpaired) electrons. The van der Waals surface area contributed by atoms with Crippen molar-refractivity contribution in [1.29, 1.82) is 5.26 Å². The van der Waals surface area contributed by atoms with Gasteiger partial charge in [0.25, 0.3) is 0 Å². The zero-order chi connectivity index (χ0) is 20.6. The second kappa shape index (κ2) is 10.0. The molecule has 0 saturated heterocycles. The van der Waals surface area contributed by atoms with Gasteiger partial charge in [0.15, 0.2) is 0 Å². The van der Waals surface area contributed by atoms with E-state index in [2.05, 4.69) is 49.1 Å². The first-order valence-corrected chi connectivity index (χ1v) is 10.3. The molecule has 0 atom stereocenters. The van der Waals surface area contributed by atoms with Crippen LogP contribution in [0.15, 0.2) is 48.6 Å². The molecule has 0 bridgehead atoms. The maximum Gasteiger partial charge on any atom is 0.145 e. The lowest BCUT2D eigenvalue weighted by Crippen LogP contribution is -2.11. The molecule has 0 aliphatic heterocycles. The van der Waals surface area contributed by atoms with Crippen LogP contribution in [0.4, 0.5) is 8.78 Å². The third kappa shape index (κ3) is 5.55. The Labute approximate surface area is 172 Å². The van der Waals surface area contributed by atoms with Gasteiger partial charge in [-0.15, -0.1) is 0 Å². The zero-order valence-corrected chi connectivity index (χ0v) is 16.7. The molecule has 0 spiro atoms. The van der Waals surface area contributed by atoms with Gasteiger partial charge in [-0.1, -0.05) is 55.5 Å². The molecular formula is C26H25F2N. The van der Waals surface area contributed by atoms with E-state index >= 15 is 0 Å². The van der Waals surface area contributed by atoms with Crippen LogP contribution in [0.2, 0.25) is 0 Å². The highest BCUT2D eigenvalue weighted by Crippen LogP contribution is 2.36. The lowest BCUT2D eigenvalue weighted by atomic mass is 9.78. The quantitative estimate of drug-likeness (QED) is 0.536. The number of nitrogens with zero attached hydrogens (tertiary/aromatic N) is 1. The molecule has 0 N–H and O–H groups in total. The number of hydrogen-bond donors (Lipinski definition) is 0. The van der Waals surface area contributed by atoms with Crippen LogP contribution in [0.25, 0.3) is 0 Å². The summed E-state index contributed by atoms with van der Waals surface area (Å²) in [4.78, 5) is 0. The Bertz CT molecular complexity index is 939. The molecule has 1 aliphatic rings. The van der Waals surface area contributed by atoms with E-state index < -0.39 is 17.2 Å². The van der Waals surface area contributed by atoms with Crippen molar-refractivity contribution in [2.24, 2.45) is 5.92 Å². The van der Waals surface area contributed by atoms with Crippen molar-refractivity contribution in [3.8, 4) is 17.9 Å². The predicted molar refractivity (Wildman–Crippen MR) is 112 cm³/mol. The highest BCUT2D eigenvalue weighted by Gasteiger charge is 2.20. The first-order valence-electron chi connectivity index (χ1n) is 10.3. The second-order valence-electron chi connectivity index (χ2n) is 7.66. The van der Waals surface area contributed by atoms with E-state index in [0.29, 0.717) is 11.8 Å². The van der Waals surface area contributed by atoms with Crippen LogP contribution in [-0.2, 0) is 6.42 Å². The standard InChI is InChI=1S/C26H25F2N/c1-2-5-19-8-12-22(13-9-19)23-14-10-20(11-15-23)6-3-4-7-21-16-25(27)24(18-29)26(28)17-21/h3,6,8-9,12-13,16-17,20,23H,2,5,10-11,14-15H2,1H3/t20-,23-. The van der Waals surface area contributed by atoms with E-state index in [-0.39, 0.29) is 5.56 Å². The third-order valence-electron chi connectivity index (χ3n) is 5.58. The molecule has 0 unspecified atom stereocenters. The van der Waals surface area contributed by atoms with Crippen molar-refractivity contribution in [3.05, 3.63) is 82.4 Å². The Balaban J connectivity index is 1.53. The smallest absolute Gasteiger partial charge is 0.145 e. The summed E-state index contributed by atoms with van der Waals surface area (Å²) in [5.41, 5.74) is 2.52. The van der Waals surface area contributed by atoms with Gasteiger partial charge >= 0.3 is 0 Å². The fourth-order valence-corrected chi connectivity index (χ4v) is 3.95. The Morgan fingerprint density at radius 3 is 2.28 bits per heavy atom. The van der Waals surface area contributed by atoms with Crippen LogP contribution in [-0.4, -0.2) is 0 Å². The number of aryl methyl sites for hydroxylation is 1. The summed E-state index contributed by atoms with van der Waals surface area (Å²) in [6, 6.07) is 12.8. The van der Waals surface area contributed by atoms with Gasteiger partial charge < -0.3 is 0 Å². The van der Waals surface area contributed by atoms with E-state index in [9.17, 15) is 8.78 Å². The van der Waals surface area contributed by atoms with Crippen LogP contribution in [0.3, 0.4) is 0 Å². The lowest BCUT2D eigenvalue weighted by Gasteiger charge is -2.27. The summed E-state index contributed by atoms with van der Waals surface area (Å²) < 4.78 is 27.2. The topological polar surface area (TPSA) is 23.8 Å². The van der Waals surface area contributed by atoms with Gasteiger partial charge in [-0.3, -0.25) is 0 Å². The van der Waals surface area contributed by atoms with Crippen molar-refractivity contribution in [1.82, 2.24) is 0 Å². The van der Waals surface area contributed by atoms with Crippen LogP contribution >= 0.6 is 0 Å². The largest absolute Gasteiger partial charge is 0.205 e. The molecule has 0 heterocycles. The summed E-state index contributed by atoms with van der Waals surface area (Å²) >= 11 is 0. The minimum atomic E-state index is -0.873. The molecule has 1 aliphatic carbocycles. The molecule has 1 nitrogen and oxygen atoms in total. The van der Waals surface area contributed by atoms with Crippen LogP contribution in [0.1, 0.15) is 67.2 Å². The van der Waals surface area contributed by atoms with Gasteiger partial charge in [0.05, 0.1) is 0 Å². The Morgan fingerprint density at radius 1 is 1.03 bits per heavy atom. The SMILES string of the molecule is CCCc1ccc([C@H]2CC[C@H](C=CC#Cc3cc(F)c(C#N)c(F)c3)CC2)cc1. The van der Waals surface area contributed by atoms with Gasteiger partial charge in [0.1, 0.15) is 23.3 Å². The Morgan fingerprint density at radius 2 is 1.69 bits per heavy atom. The molecule has 3 heteroatoms. The number of allylic oxidation sites excluding steroid dienone is 2. The van der Waals surface area contributed by atoms with Crippen LogP contribution < -0.4 is 0 Å². The number of benzene rings is 2. The zero-order valence-electron chi connectivity index (χ0n) is 16.7. The van der Waals surface area contributed by atoms with Crippen molar-refractivity contribution in [2.75, 3.05) is 0 Å². The Kier molecular flexibility index (Phi) is 7.20. The van der Waals surface area contributed by atoms with Crippen molar-refractivity contribution in [3.63, 3.8) is 0 Å². The van der Waals surface area contributed by atoms with E-state index in [1.165, 1.54) is 36.5 Å². The third-order valence-corrected chi connectivity index (χ3v) is 5.58. The van der Waals surface area contributed by atoms with Gasteiger partial charge in [-0.25, -0.2) is 8.78 Å². The normalized spacial score (nSPS) is 18.8. The molecule has 0 aromatic heterocycles. The van der Waals surface area contributed by atoms with Gasteiger partial charge in [-0.2, -0.15) is 5.26 Å². The van der Waals surface area contributed by atoms with E-state index in [1.807, 2.05) is 0 Å². The molecule has 2 aromatic rings. The molecule has 29 heavy (non-hydrogen) atoms. The molecule has 1 fully saturated rings. The lowest BCUT2D eigenvalue weighted by molar-refractivity contribution is 0.376. The average Bonchev–Trinajstić information content (AvgIpc) is 2.72. The number of hydrogen-bond acceptors (Lipinski definition) is 1. The minimum absolute atomic E-state index is 0.235. The first kappa shape index (κ1) is 20.8. The number of nitriles is 1. The van der Waals surface area contributed by atoms with Crippen molar-refractivity contribution in [2.45, 2.75) is 51.4 Å². The van der Waals surface area contributed by atoms with Crippen LogP contribution in [0.5, 0.6) is 0 Å². The fraction of sp³-hybridized carbons (Fsp3) is 0.346. The van der Waals surface area contributed by atoms with E-state index in [4.69, 9.17) is 5.26 Å².